The molecule has 4 aliphatic rings. The summed E-state index contributed by atoms with van der Waals surface area (Å²) < 4.78 is 24.2. The Morgan fingerprint density at radius 3 is 1.48 bits per heavy atom. The van der Waals surface area contributed by atoms with Crippen molar-refractivity contribution in [1.29, 1.82) is 0 Å². The largest absolute Gasteiger partial charge is 0.485 e. The SMILES string of the molecule is O=C(O)CCC(C1CCN(Cc2ccc(C3COc4ccccc4O3)cc2)CC1)C(O)C1CCN(Cc2ccc(C3COc4ccccc4O3)cc2)CC1. The van der Waals surface area contributed by atoms with E-state index in [1.54, 1.807) is 0 Å². The van der Waals surface area contributed by atoms with E-state index < -0.39 is 12.1 Å². The summed E-state index contributed by atoms with van der Waals surface area (Å²) >= 11 is 0. The highest BCUT2D eigenvalue weighted by Crippen LogP contribution is 2.39. The zero-order valence-corrected chi connectivity index (χ0v) is 30.9. The fourth-order valence-corrected chi connectivity index (χ4v) is 8.88. The van der Waals surface area contributed by atoms with Crippen LogP contribution in [0.15, 0.2) is 97.1 Å². The van der Waals surface area contributed by atoms with Crippen molar-refractivity contribution in [3.05, 3.63) is 119 Å². The van der Waals surface area contributed by atoms with E-state index in [0.717, 1.165) is 99.1 Å². The maximum absolute atomic E-state index is 11.8. The molecule has 2 fully saturated rings. The highest BCUT2D eigenvalue weighted by Gasteiger charge is 2.37. The van der Waals surface area contributed by atoms with Crippen molar-refractivity contribution in [3.63, 3.8) is 0 Å². The average molecular weight is 733 g/mol. The standard InChI is InChI=1S/C45H52N2O7/c48-44(49)18-17-37(33-19-23-46(24-20-33)27-31-9-13-34(14-10-31)42-29-51-38-5-1-3-7-40(38)53-42)45(50)36-21-25-47(26-22-36)28-32-11-15-35(16-12-32)43-30-52-39-6-2-4-8-41(39)54-43/h1-16,33,36-37,42-43,45,50H,17-30H2,(H,48,49). The number of carbonyl (C=O) groups is 1. The van der Waals surface area contributed by atoms with Gasteiger partial charge in [0.1, 0.15) is 13.2 Å². The fraction of sp³-hybridized carbons (Fsp3) is 0.444. The number of hydrogen-bond acceptors (Lipinski definition) is 8. The number of aliphatic hydroxyl groups excluding tert-OH is 1. The molecule has 4 aliphatic heterocycles. The molecule has 0 radical (unpaired) electrons. The number of carboxylic acids is 1. The predicted molar refractivity (Wildman–Crippen MR) is 206 cm³/mol. The maximum Gasteiger partial charge on any atom is 0.303 e. The normalized spacial score (nSPS) is 22.0. The zero-order valence-electron chi connectivity index (χ0n) is 30.9. The lowest BCUT2D eigenvalue weighted by atomic mass is 9.73. The number of para-hydroxylation sites is 4. The quantitative estimate of drug-likeness (QED) is 0.152. The molecule has 4 heterocycles. The van der Waals surface area contributed by atoms with Crippen molar-refractivity contribution in [3.8, 4) is 23.0 Å². The third-order valence-corrected chi connectivity index (χ3v) is 12.0. The Morgan fingerprint density at radius 1 is 0.611 bits per heavy atom. The number of hydrogen-bond donors (Lipinski definition) is 2. The number of nitrogens with zero attached hydrogens (tertiary/aromatic N) is 2. The Hall–Kier alpha value is -4.57. The van der Waals surface area contributed by atoms with Gasteiger partial charge >= 0.3 is 5.97 Å². The van der Waals surface area contributed by atoms with E-state index in [1.165, 1.54) is 11.1 Å². The third kappa shape index (κ3) is 8.70. The molecular weight excluding hydrogens is 681 g/mol. The van der Waals surface area contributed by atoms with Crippen LogP contribution in [0.4, 0.5) is 0 Å². The van der Waals surface area contributed by atoms with Gasteiger partial charge in [0.25, 0.3) is 0 Å². The van der Waals surface area contributed by atoms with Crippen LogP contribution in [0.3, 0.4) is 0 Å². The second-order valence-corrected chi connectivity index (χ2v) is 15.5. The van der Waals surface area contributed by atoms with Gasteiger partial charge < -0.3 is 29.2 Å². The van der Waals surface area contributed by atoms with E-state index >= 15 is 0 Å². The molecule has 284 valence electrons. The van der Waals surface area contributed by atoms with Gasteiger partial charge in [-0.1, -0.05) is 72.8 Å². The molecule has 0 spiro atoms. The van der Waals surface area contributed by atoms with Crippen LogP contribution >= 0.6 is 0 Å². The van der Waals surface area contributed by atoms with Gasteiger partial charge in [0.05, 0.1) is 6.10 Å². The lowest BCUT2D eigenvalue weighted by Crippen LogP contribution is -2.44. The molecule has 0 bridgehead atoms. The van der Waals surface area contributed by atoms with Crippen molar-refractivity contribution < 1.29 is 34.0 Å². The molecule has 0 amide bonds. The van der Waals surface area contributed by atoms with Crippen molar-refractivity contribution in [2.24, 2.45) is 17.8 Å². The second-order valence-electron chi connectivity index (χ2n) is 15.5. The van der Waals surface area contributed by atoms with Gasteiger partial charge in [-0.3, -0.25) is 14.6 Å². The minimum Gasteiger partial charge on any atom is -0.485 e. The highest BCUT2D eigenvalue weighted by atomic mass is 16.6. The summed E-state index contributed by atoms with van der Waals surface area (Å²) in [6, 6.07) is 32.9. The first-order chi connectivity index (χ1) is 26.4. The number of likely N-dealkylation sites (tertiary alicyclic amines) is 2. The van der Waals surface area contributed by atoms with Gasteiger partial charge in [0.2, 0.25) is 0 Å². The average Bonchev–Trinajstić information content (AvgIpc) is 3.22. The van der Waals surface area contributed by atoms with E-state index in [-0.39, 0.29) is 30.5 Å². The Labute approximate surface area is 318 Å². The fourth-order valence-electron chi connectivity index (χ4n) is 8.88. The Morgan fingerprint density at radius 2 is 1.04 bits per heavy atom. The minimum atomic E-state index is -0.782. The van der Waals surface area contributed by atoms with Crippen LogP contribution in [0.1, 0.15) is 73.0 Å². The van der Waals surface area contributed by atoms with Gasteiger partial charge in [0, 0.05) is 19.5 Å². The number of piperidine rings is 2. The molecule has 54 heavy (non-hydrogen) atoms. The van der Waals surface area contributed by atoms with Crippen molar-refractivity contribution in [2.45, 2.75) is 69.9 Å². The van der Waals surface area contributed by atoms with Crippen molar-refractivity contribution in [1.82, 2.24) is 9.80 Å². The highest BCUT2D eigenvalue weighted by molar-refractivity contribution is 5.66. The van der Waals surface area contributed by atoms with Crippen LogP contribution in [0.25, 0.3) is 0 Å². The molecule has 0 saturated carbocycles. The topological polar surface area (TPSA) is 101 Å². The number of fused-ring (bicyclic) bond motifs is 2. The molecule has 4 aromatic rings. The smallest absolute Gasteiger partial charge is 0.303 e. The molecule has 9 heteroatoms. The summed E-state index contributed by atoms with van der Waals surface area (Å²) in [5.74, 6) is 2.89. The van der Waals surface area contributed by atoms with Gasteiger partial charge in [-0.25, -0.2) is 0 Å². The first kappa shape index (κ1) is 36.4. The third-order valence-electron chi connectivity index (χ3n) is 12.0. The summed E-state index contributed by atoms with van der Waals surface area (Å²) in [4.78, 5) is 16.6. The minimum absolute atomic E-state index is 0.00687. The van der Waals surface area contributed by atoms with E-state index in [9.17, 15) is 15.0 Å². The monoisotopic (exact) mass is 732 g/mol. The first-order valence-electron chi connectivity index (χ1n) is 19.7. The van der Waals surface area contributed by atoms with Gasteiger partial charge in [-0.2, -0.15) is 0 Å². The van der Waals surface area contributed by atoms with Crippen LogP contribution < -0.4 is 18.9 Å². The van der Waals surface area contributed by atoms with Crippen LogP contribution in [0.5, 0.6) is 23.0 Å². The maximum atomic E-state index is 11.8. The Balaban J connectivity index is 0.802. The van der Waals surface area contributed by atoms with Crippen LogP contribution in [-0.4, -0.2) is 71.5 Å². The molecule has 2 saturated heterocycles. The zero-order chi connectivity index (χ0) is 36.9. The van der Waals surface area contributed by atoms with Crippen LogP contribution in [0.2, 0.25) is 0 Å². The molecule has 9 nitrogen and oxygen atoms in total. The summed E-state index contributed by atoms with van der Waals surface area (Å²) in [6.45, 7) is 6.49. The molecule has 8 rings (SSSR count). The van der Waals surface area contributed by atoms with E-state index in [0.29, 0.717) is 25.6 Å². The van der Waals surface area contributed by atoms with Gasteiger partial charge in [0.15, 0.2) is 35.2 Å². The predicted octanol–water partition coefficient (Wildman–Crippen LogP) is 7.68. The number of ether oxygens (including phenoxy) is 4. The molecule has 4 atom stereocenters. The molecular formula is C45H52N2O7. The summed E-state index contributed by atoms with van der Waals surface area (Å²) in [5, 5.41) is 21.4. The molecule has 4 aromatic carbocycles. The first-order valence-corrected chi connectivity index (χ1v) is 19.7. The second kappa shape index (κ2) is 16.8. The van der Waals surface area contributed by atoms with E-state index in [2.05, 4.69) is 58.3 Å². The summed E-state index contributed by atoms with van der Waals surface area (Å²) in [7, 11) is 0. The van der Waals surface area contributed by atoms with Gasteiger partial charge in [-0.15, -0.1) is 0 Å². The Bertz CT molecular complexity index is 1830. The summed E-state index contributed by atoms with van der Waals surface area (Å²) in [5.41, 5.74) is 4.74. The molecule has 0 aliphatic carbocycles. The number of aliphatic hydroxyl groups is 1. The number of aliphatic carboxylic acids is 1. The van der Waals surface area contributed by atoms with Gasteiger partial charge in [-0.05, 0) is 123 Å². The Kier molecular flexibility index (Phi) is 11.4. The van der Waals surface area contributed by atoms with Crippen molar-refractivity contribution in [2.75, 3.05) is 39.4 Å². The van der Waals surface area contributed by atoms with E-state index in [1.807, 2.05) is 48.5 Å². The van der Waals surface area contributed by atoms with Crippen molar-refractivity contribution >= 4 is 5.97 Å². The molecule has 2 N–H and O–H groups in total. The van der Waals surface area contributed by atoms with E-state index in [4.69, 9.17) is 18.9 Å². The number of carboxylic acid groups (broad SMARTS) is 1. The summed E-state index contributed by atoms with van der Waals surface area (Å²) in [6.07, 6.45) is 3.73. The lowest BCUT2D eigenvalue weighted by Gasteiger charge is -2.42. The molecule has 0 aromatic heterocycles. The molecule has 4 unspecified atom stereocenters. The van der Waals surface area contributed by atoms with Crippen LogP contribution in [-0.2, 0) is 17.9 Å². The van der Waals surface area contributed by atoms with Crippen LogP contribution in [0, 0.1) is 17.8 Å². The number of rotatable bonds is 12. The number of benzene rings is 4. The lowest BCUT2D eigenvalue weighted by molar-refractivity contribution is -0.138.